The summed E-state index contributed by atoms with van der Waals surface area (Å²) in [7, 11) is 0. The van der Waals surface area contributed by atoms with E-state index < -0.39 is 0 Å². The van der Waals surface area contributed by atoms with E-state index in [4.69, 9.17) is 4.74 Å². The number of piperidine rings is 1. The van der Waals surface area contributed by atoms with Gasteiger partial charge in [0.2, 0.25) is 5.91 Å². The van der Waals surface area contributed by atoms with E-state index in [0.717, 1.165) is 30.7 Å². The number of nitrogens with one attached hydrogen (secondary N) is 2. The smallest absolute Gasteiger partial charge is 0.224 e. The summed E-state index contributed by atoms with van der Waals surface area (Å²) in [5.41, 5.74) is 0.850. The number of amides is 1. The minimum absolute atomic E-state index is 0.131. The van der Waals surface area contributed by atoms with Crippen molar-refractivity contribution in [3.8, 4) is 5.75 Å². The van der Waals surface area contributed by atoms with Gasteiger partial charge in [0.25, 0.3) is 0 Å². The van der Waals surface area contributed by atoms with E-state index in [9.17, 15) is 4.79 Å². The average Bonchev–Trinajstić information content (AvgIpc) is 2.88. The lowest BCUT2D eigenvalue weighted by Crippen LogP contribution is -2.39. The van der Waals surface area contributed by atoms with E-state index in [2.05, 4.69) is 24.5 Å². The first-order valence-corrected chi connectivity index (χ1v) is 8.95. The van der Waals surface area contributed by atoms with Crippen LogP contribution in [0.1, 0.15) is 52.4 Å². The van der Waals surface area contributed by atoms with Crippen molar-refractivity contribution in [3.63, 3.8) is 0 Å². The fourth-order valence-corrected chi connectivity index (χ4v) is 3.75. The number of fused-ring (bicyclic) bond motifs is 2. The van der Waals surface area contributed by atoms with Crippen molar-refractivity contribution in [1.29, 1.82) is 0 Å². The normalized spacial score (nSPS) is 27.5. The van der Waals surface area contributed by atoms with Crippen molar-refractivity contribution in [3.05, 3.63) is 24.3 Å². The van der Waals surface area contributed by atoms with Gasteiger partial charge in [0.1, 0.15) is 5.75 Å². The van der Waals surface area contributed by atoms with Crippen LogP contribution in [0.4, 0.5) is 5.69 Å². The molecule has 2 aliphatic rings. The van der Waals surface area contributed by atoms with Crippen LogP contribution in [0, 0.1) is 5.92 Å². The molecule has 2 aliphatic heterocycles. The van der Waals surface area contributed by atoms with Crippen LogP contribution in [-0.4, -0.2) is 24.1 Å². The number of rotatable bonds is 6. The standard InChI is InChI=1S/C19H28N2O2/c1-3-13(2)23-18-8-6-15(7-9-18)21-19(22)12-14-10-16-4-5-17(11-14)20-16/h6-9,13-14,16-17,20H,3-5,10-12H2,1-2H3,(H,21,22). The summed E-state index contributed by atoms with van der Waals surface area (Å²) in [6, 6.07) is 8.97. The number of ether oxygens (including phenoxy) is 1. The zero-order chi connectivity index (χ0) is 16.2. The first kappa shape index (κ1) is 16.3. The Hall–Kier alpha value is -1.55. The number of hydrogen-bond acceptors (Lipinski definition) is 3. The molecule has 1 aromatic carbocycles. The summed E-state index contributed by atoms with van der Waals surface area (Å²) < 4.78 is 5.76. The minimum atomic E-state index is 0.131. The Balaban J connectivity index is 1.48. The van der Waals surface area contributed by atoms with Gasteiger partial charge in [0, 0.05) is 24.2 Å². The zero-order valence-electron chi connectivity index (χ0n) is 14.2. The van der Waals surface area contributed by atoms with Gasteiger partial charge in [-0.1, -0.05) is 6.92 Å². The van der Waals surface area contributed by atoms with Crippen LogP contribution >= 0.6 is 0 Å². The average molecular weight is 316 g/mol. The molecule has 0 aliphatic carbocycles. The van der Waals surface area contributed by atoms with Crippen LogP contribution in [0.2, 0.25) is 0 Å². The molecule has 2 saturated heterocycles. The maximum atomic E-state index is 12.3. The van der Waals surface area contributed by atoms with Gasteiger partial charge in [-0.15, -0.1) is 0 Å². The number of carbonyl (C=O) groups is 1. The fraction of sp³-hybridized carbons (Fsp3) is 0.632. The molecule has 4 heteroatoms. The van der Waals surface area contributed by atoms with Gasteiger partial charge < -0.3 is 15.4 Å². The third-order valence-corrected chi connectivity index (χ3v) is 5.10. The largest absolute Gasteiger partial charge is 0.491 e. The number of benzene rings is 1. The number of anilines is 1. The van der Waals surface area contributed by atoms with Crippen LogP contribution in [0.25, 0.3) is 0 Å². The molecule has 2 fully saturated rings. The highest BCUT2D eigenvalue weighted by Crippen LogP contribution is 2.32. The van der Waals surface area contributed by atoms with Gasteiger partial charge in [-0.05, 0) is 69.2 Å². The Morgan fingerprint density at radius 2 is 1.91 bits per heavy atom. The minimum Gasteiger partial charge on any atom is -0.491 e. The van der Waals surface area contributed by atoms with Crippen molar-refractivity contribution in [1.82, 2.24) is 5.32 Å². The van der Waals surface area contributed by atoms with Gasteiger partial charge in [-0.3, -0.25) is 4.79 Å². The Bertz CT molecular complexity index is 517. The van der Waals surface area contributed by atoms with Crippen molar-refractivity contribution in [2.75, 3.05) is 5.32 Å². The molecular formula is C19H28N2O2. The van der Waals surface area contributed by atoms with E-state index >= 15 is 0 Å². The second kappa shape index (κ2) is 7.35. The summed E-state index contributed by atoms with van der Waals surface area (Å²) in [6.07, 6.45) is 6.68. The molecule has 0 radical (unpaired) electrons. The lowest BCUT2D eigenvalue weighted by molar-refractivity contribution is -0.117. The van der Waals surface area contributed by atoms with E-state index in [1.165, 1.54) is 12.8 Å². The van der Waals surface area contributed by atoms with Crippen LogP contribution in [0.5, 0.6) is 5.75 Å². The maximum absolute atomic E-state index is 12.3. The van der Waals surface area contributed by atoms with Crippen molar-refractivity contribution >= 4 is 11.6 Å². The number of hydrogen-bond donors (Lipinski definition) is 2. The van der Waals surface area contributed by atoms with Crippen LogP contribution in [0.15, 0.2) is 24.3 Å². The molecule has 126 valence electrons. The van der Waals surface area contributed by atoms with E-state index in [0.29, 0.717) is 24.4 Å². The van der Waals surface area contributed by atoms with Gasteiger partial charge in [0.15, 0.2) is 0 Å². The lowest BCUT2D eigenvalue weighted by Gasteiger charge is -2.28. The van der Waals surface area contributed by atoms with Crippen LogP contribution in [-0.2, 0) is 4.79 Å². The zero-order valence-corrected chi connectivity index (χ0v) is 14.2. The van der Waals surface area contributed by atoms with E-state index in [1.807, 2.05) is 24.3 Å². The molecule has 1 amide bonds. The predicted molar refractivity (Wildman–Crippen MR) is 92.7 cm³/mol. The Labute approximate surface area is 139 Å². The highest BCUT2D eigenvalue weighted by atomic mass is 16.5. The molecule has 2 N–H and O–H groups in total. The third kappa shape index (κ3) is 4.47. The molecule has 3 rings (SSSR count). The molecular weight excluding hydrogens is 288 g/mol. The van der Waals surface area contributed by atoms with Gasteiger partial charge in [-0.2, -0.15) is 0 Å². The summed E-state index contributed by atoms with van der Waals surface area (Å²) in [6.45, 7) is 4.16. The first-order valence-electron chi connectivity index (χ1n) is 8.95. The summed E-state index contributed by atoms with van der Waals surface area (Å²) >= 11 is 0. The number of carbonyl (C=O) groups excluding carboxylic acids is 1. The van der Waals surface area contributed by atoms with Gasteiger partial charge >= 0.3 is 0 Å². The molecule has 2 heterocycles. The molecule has 3 unspecified atom stereocenters. The fourth-order valence-electron chi connectivity index (χ4n) is 3.75. The van der Waals surface area contributed by atoms with E-state index in [1.54, 1.807) is 0 Å². The van der Waals surface area contributed by atoms with E-state index in [-0.39, 0.29) is 12.0 Å². The molecule has 0 saturated carbocycles. The highest BCUT2D eigenvalue weighted by Gasteiger charge is 2.34. The maximum Gasteiger partial charge on any atom is 0.224 e. The summed E-state index contributed by atoms with van der Waals surface area (Å²) in [4.78, 5) is 12.3. The predicted octanol–water partition coefficient (Wildman–Crippen LogP) is 3.72. The summed E-state index contributed by atoms with van der Waals surface area (Å²) in [5.74, 6) is 1.51. The molecule has 0 spiro atoms. The summed E-state index contributed by atoms with van der Waals surface area (Å²) in [5, 5.41) is 6.64. The highest BCUT2D eigenvalue weighted by molar-refractivity contribution is 5.90. The molecule has 2 bridgehead atoms. The third-order valence-electron chi connectivity index (χ3n) is 5.10. The van der Waals surface area contributed by atoms with Crippen LogP contribution in [0.3, 0.4) is 0 Å². The SMILES string of the molecule is CCC(C)Oc1ccc(NC(=O)CC2CC3CCC(C2)N3)cc1. The Kier molecular flexibility index (Phi) is 5.21. The van der Waals surface area contributed by atoms with Crippen molar-refractivity contribution in [2.45, 2.75) is 70.6 Å². The monoisotopic (exact) mass is 316 g/mol. The molecule has 23 heavy (non-hydrogen) atoms. The van der Waals surface area contributed by atoms with Gasteiger partial charge in [-0.25, -0.2) is 0 Å². The quantitative estimate of drug-likeness (QED) is 0.841. The Morgan fingerprint density at radius 1 is 1.26 bits per heavy atom. The first-order chi connectivity index (χ1) is 11.1. The second-order valence-corrected chi connectivity index (χ2v) is 7.09. The molecule has 4 nitrogen and oxygen atoms in total. The van der Waals surface area contributed by atoms with Crippen LogP contribution < -0.4 is 15.4 Å². The lowest BCUT2D eigenvalue weighted by atomic mass is 9.89. The van der Waals surface area contributed by atoms with Crippen molar-refractivity contribution in [2.24, 2.45) is 5.92 Å². The van der Waals surface area contributed by atoms with Gasteiger partial charge in [0.05, 0.1) is 6.10 Å². The second-order valence-electron chi connectivity index (χ2n) is 7.09. The molecule has 1 aromatic rings. The molecule has 3 atom stereocenters. The Morgan fingerprint density at radius 3 is 2.52 bits per heavy atom. The topological polar surface area (TPSA) is 50.4 Å². The molecule has 0 aromatic heterocycles. The van der Waals surface area contributed by atoms with Crippen molar-refractivity contribution < 1.29 is 9.53 Å².